The Bertz CT molecular complexity index is 859. The first-order valence-corrected chi connectivity index (χ1v) is 11.4. The summed E-state index contributed by atoms with van der Waals surface area (Å²) in [6, 6.07) is 6.07. The number of thiazole rings is 1. The molecule has 2 atom stereocenters. The maximum atomic E-state index is 12.3. The number of esters is 1. The second kappa shape index (κ2) is 9.40. The molecule has 2 N–H and O–H groups in total. The predicted octanol–water partition coefficient (Wildman–Crippen LogP) is 2.98. The summed E-state index contributed by atoms with van der Waals surface area (Å²) in [6.45, 7) is 0. The third-order valence-electron chi connectivity index (χ3n) is 4.66. The van der Waals surface area contributed by atoms with Crippen LogP contribution >= 0.6 is 11.3 Å². The first-order valence-electron chi connectivity index (χ1n) is 9.04. The molecule has 2 aromatic rings. The molecule has 1 amide bonds. The van der Waals surface area contributed by atoms with E-state index < -0.39 is 22.9 Å². The predicted molar refractivity (Wildman–Crippen MR) is 107 cm³/mol. The molecule has 1 aromatic heterocycles. The highest BCUT2D eigenvalue weighted by Gasteiger charge is 2.29. The number of ether oxygens (including phenoxy) is 1. The zero-order chi connectivity index (χ0) is 20.1. The van der Waals surface area contributed by atoms with Gasteiger partial charge in [0.1, 0.15) is 9.96 Å². The number of hydrogen-bond acceptors (Lipinski definition) is 7. The molecule has 1 fully saturated rings. The van der Waals surface area contributed by atoms with E-state index in [9.17, 15) is 18.9 Å². The molecule has 9 heteroatoms. The normalized spacial score (nSPS) is 16.9. The fourth-order valence-electron chi connectivity index (χ4n) is 3.11. The summed E-state index contributed by atoms with van der Waals surface area (Å²) in [6.07, 6.45) is 6.74. The van der Waals surface area contributed by atoms with Crippen LogP contribution in [-0.2, 0) is 15.6 Å². The molecule has 0 spiro atoms. The number of amides is 1. The topological polar surface area (TPSA) is 106 Å². The second-order valence-corrected chi connectivity index (χ2v) is 9.32. The van der Waals surface area contributed by atoms with Gasteiger partial charge in [0.25, 0.3) is 5.91 Å². The average molecular weight is 423 g/mol. The Labute approximate surface area is 169 Å². The van der Waals surface area contributed by atoms with Crippen molar-refractivity contribution in [2.24, 2.45) is 5.92 Å². The van der Waals surface area contributed by atoms with Gasteiger partial charge in [-0.25, -0.2) is 9.78 Å². The van der Waals surface area contributed by atoms with E-state index in [0.717, 1.165) is 43.4 Å². The Morgan fingerprint density at radius 1 is 1.25 bits per heavy atom. The Balaban J connectivity index is 1.56. The van der Waals surface area contributed by atoms with Gasteiger partial charge in [0, 0.05) is 11.8 Å². The molecule has 3 rings (SSSR count). The SMILES string of the molecule is CS(=O)c1cnc(NC(=O)c2ccc(OC(=O)[C@H](O)C3CCCCC3)cc2)s1. The van der Waals surface area contributed by atoms with E-state index in [2.05, 4.69) is 10.3 Å². The Hall–Kier alpha value is -2.10. The van der Waals surface area contributed by atoms with Crippen LogP contribution in [0.5, 0.6) is 5.75 Å². The third-order valence-corrected chi connectivity index (χ3v) is 6.99. The first kappa shape index (κ1) is 20.6. The standard InChI is InChI=1S/C19H22N2O5S2/c1-28(25)15-11-20-19(27-15)21-17(23)13-7-9-14(10-8-13)26-18(24)16(22)12-5-3-2-4-6-12/h7-12,16,22H,2-6H2,1H3,(H,20,21,23)/t16-,28?/m1/s1. The monoisotopic (exact) mass is 422 g/mol. The van der Waals surface area contributed by atoms with E-state index in [4.69, 9.17) is 4.74 Å². The van der Waals surface area contributed by atoms with Gasteiger partial charge in [-0.05, 0) is 43.0 Å². The van der Waals surface area contributed by atoms with Crippen molar-refractivity contribution in [1.29, 1.82) is 0 Å². The third kappa shape index (κ3) is 5.24. The second-order valence-electron chi connectivity index (χ2n) is 6.68. The van der Waals surface area contributed by atoms with E-state index in [1.165, 1.54) is 30.5 Å². The number of aliphatic hydroxyl groups excluding tert-OH is 1. The number of hydrogen-bond donors (Lipinski definition) is 2. The molecule has 1 aromatic carbocycles. The van der Waals surface area contributed by atoms with Gasteiger partial charge in [-0.3, -0.25) is 14.3 Å². The minimum Gasteiger partial charge on any atom is -0.425 e. The van der Waals surface area contributed by atoms with Crippen LogP contribution in [0.3, 0.4) is 0 Å². The molecule has 1 aliphatic rings. The van der Waals surface area contributed by atoms with Crippen molar-refractivity contribution in [2.75, 3.05) is 11.6 Å². The average Bonchev–Trinajstić information content (AvgIpc) is 3.17. The summed E-state index contributed by atoms with van der Waals surface area (Å²) < 4.78 is 17.2. The zero-order valence-electron chi connectivity index (χ0n) is 15.4. The minimum atomic E-state index is -1.15. The number of benzene rings is 1. The number of nitrogens with one attached hydrogen (secondary N) is 1. The molecule has 150 valence electrons. The molecule has 0 aliphatic heterocycles. The van der Waals surface area contributed by atoms with Crippen molar-refractivity contribution in [1.82, 2.24) is 4.98 Å². The van der Waals surface area contributed by atoms with Crippen molar-refractivity contribution >= 4 is 39.1 Å². The largest absolute Gasteiger partial charge is 0.425 e. The van der Waals surface area contributed by atoms with Gasteiger partial charge in [0.05, 0.1) is 17.0 Å². The summed E-state index contributed by atoms with van der Waals surface area (Å²) in [4.78, 5) is 28.4. The number of aromatic nitrogens is 1. The lowest BCUT2D eigenvalue weighted by Crippen LogP contribution is -2.34. The van der Waals surface area contributed by atoms with Gasteiger partial charge in [-0.1, -0.05) is 30.6 Å². The van der Waals surface area contributed by atoms with Gasteiger partial charge < -0.3 is 9.84 Å². The van der Waals surface area contributed by atoms with Crippen molar-refractivity contribution < 1.29 is 23.6 Å². The van der Waals surface area contributed by atoms with Gasteiger partial charge in [-0.15, -0.1) is 0 Å². The number of carbonyl (C=O) groups is 2. The molecule has 1 saturated carbocycles. The number of nitrogens with zero attached hydrogens (tertiary/aromatic N) is 1. The molecular weight excluding hydrogens is 400 g/mol. The quantitative estimate of drug-likeness (QED) is 0.548. The van der Waals surface area contributed by atoms with Crippen LogP contribution in [0.15, 0.2) is 34.7 Å². The number of aliphatic hydroxyl groups is 1. The van der Waals surface area contributed by atoms with Crippen LogP contribution in [0, 0.1) is 5.92 Å². The molecule has 1 heterocycles. The molecular formula is C19H22N2O5S2. The van der Waals surface area contributed by atoms with Gasteiger partial charge in [0.2, 0.25) is 0 Å². The molecule has 0 bridgehead atoms. The van der Waals surface area contributed by atoms with Crippen molar-refractivity contribution in [3.05, 3.63) is 36.0 Å². The van der Waals surface area contributed by atoms with Crippen LogP contribution in [0.1, 0.15) is 42.5 Å². The van der Waals surface area contributed by atoms with Gasteiger partial charge in [-0.2, -0.15) is 0 Å². The summed E-state index contributed by atoms with van der Waals surface area (Å²) in [5, 5.41) is 13.2. The molecule has 28 heavy (non-hydrogen) atoms. The maximum Gasteiger partial charge on any atom is 0.340 e. The van der Waals surface area contributed by atoms with Crippen molar-refractivity contribution in [3.63, 3.8) is 0 Å². The lowest BCUT2D eigenvalue weighted by atomic mass is 9.85. The van der Waals surface area contributed by atoms with Gasteiger partial charge >= 0.3 is 5.97 Å². The number of rotatable bonds is 6. The van der Waals surface area contributed by atoms with Crippen molar-refractivity contribution in [2.45, 2.75) is 42.4 Å². The summed E-state index contributed by atoms with van der Waals surface area (Å²) in [7, 11) is -1.15. The smallest absolute Gasteiger partial charge is 0.340 e. The Morgan fingerprint density at radius 2 is 1.93 bits per heavy atom. The van der Waals surface area contributed by atoms with E-state index in [0.29, 0.717) is 14.9 Å². The van der Waals surface area contributed by atoms with E-state index in [1.807, 2.05) is 0 Å². The lowest BCUT2D eigenvalue weighted by molar-refractivity contribution is -0.147. The van der Waals surface area contributed by atoms with E-state index in [1.54, 1.807) is 6.26 Å². The van der Waals surface area contributed by atoms with Gasteiger partial charge in [0.15, 0.2) is 11.2 Å². The van der Waals surface area contributed by atoms with Crippen LogP contribution in [0.4, 0.5) is 5.13 Å². The summed E-state index contributed by atoms with van der Waals surface area (Å²) in [5.41, 5.74) is 0.363. The minimum absolute atomic E-state index is 0.0491. The highest BCUT2D eigenvalue weighted by molar-refractivity contribution is 7.86. The molecule has 0 saturated heterocycles. The maximum absolute atomic E-state index is 12.3. The fraction of sp³-hybridized carbons (Fsp3) is 0.421. The van der Waals surface area contributed by atoms with Crippen LogP contribution in [-0.4, -0.2) is 38.5 Å². The number of carbonyl (C=O) groups excluding carboxylic acids is 2. The van der Waals surface area contributed by atoms with Crippen LogP contribution in [0.25, 0.3) is 0 Å². The highest BCUT2D eigenvalue weighted by Crippen LogP contribution is 2.27. The zero-order valence-corrected chi connectivity index (χ0v) is 17.1. The molecule has 1 aliphatic carbocycles. The first-order chi connectivity index (χ1) is 13.4. The van der Waals surface area contributed by atoms with Crippen LogP contribution < -0.4 is 10.1 Å². The molecule has 0 radical (unpaired) electrons. The van der Waals surface area contributed by atoms with Crippen molar-refractivity contribution in [3.8, 4) is 5.75 Å². The Kier molecular flexibility index (Phi) is 6.93. The number of anilines is 1. The molecule has 7 nitrogen and oxygen atoms in total. The lowest BCUT2D eigenvalue weighted by Gasteiger charge is -2.25. The van der Waals surface area contributed by atoms with Crippen LogP contribution in [0.2, 0.25) is 0 Å². The summed E-state index contributed by atoms with van der Waals surface area (Å²) >= 11 is 1.15. The highest BCUT2D eigenvalue weighted by atomic mass is 32.2. The molecule has 1 unspecified atom stereocenters. The summed E-state index contributed by atoms with van der Waals surface area (Å²) in [5.74, 6) is -0.809. The Morgan fingerprint density at radius 3 is 2.54 bits per heavy atom. The fourth-order valence-corrected chi connectivity index (χ4v) is 4.57. The van der Waals surface area contributed by atoms with E-state index in [-0.39, 0.29) is 17.6 Å². The van der Waals surface area contributed by atoms with E-state index >= 15 is 0 Å².